The van der Waals surface area contributed by atoms with Gasteiger partial charge < -0.3 is 14.6 Å². The molecule has 0 bridgehead atoms. The molecule has 1 aromatic carbocycles. The van der Waals surface area contributed by atoms with Crippen LogP contribution in [0.15, 0.2) is 48.9 Å². The lowest BCUT2D eigenvalue weighted by Gasteiger charge is -2.26. The van der Waals surface area contributed by atoms with Crippen LogP contribution in [0.25, 0.3) is 11.2 Å². The molecule has 7 heteroatoms. The molecule has 4 rings (SSSR count). The number of aryl methyl sites for hydroxylation is 2. The standard InChI is InChI=1S/C21H25N5O2/c27-21(22-7-9-25-10-12-28-13-11-25)18-14-19-20(23-15-18)26(16-24-19)8-6-17-4-2-1-3-5-17/h1-5,14-16H,6-13H2,(H,22,27). The van der Waals surface area contributed by atoms with Gasteiger partial charge in [-0.2, -0.15) is 0 Å². The molecule has 0 aliphatic carbocycles. The molecule has 1 aliphatic heterocycles. The fraction of sp³-hybridized carbons (Fsp3) is 0.381. The zero-order chi connectivity index (χ0) is 19.2. The van der Waals surface area contributed by atoms with Crippen molar-refractivity contribution in [3.63, 3.8) is 0 Å². The van der Waals surface area contributed by atoms with E-state index < -0.39 is 0 Å². The minimum atomic E-state index is -0.110. The number of aromatic nitrogens is 3. The third-order valence-electron chi connectivity index (χ3n) is 5.02. The Labute approximate surface area is 164 Å². The van der Waals surface area contributed by atoms with Crippen molar-refractivity contribution in [2.75, 3.05) is 39.4 Å². The molecule has 1 N–H and O–H groups in total. The van der Waals surface area contributed by atoms with Gasteiger partial charge in [-0.3, -0.25) is 9.69 Å². The second-order valence-electron chi connectivity index (χ2n) is 6.95. The fourth-order valence-electron chi connectivity index (χ4n) is 3.39. The van der Waals surface area contributed by atoms with Crippen molar-refractivity contribution in [1.29, 1.82) is 0 Å². The Balaban J connectivity index is 1.34. The first-order valence-corrected chi connectivity index (χ1v) is 9.73. The van der Waals surface area contributed by atoms with Gasteiger partial charge >= 0.3 is 0 Å². The third-order valence-corrected chi connectivity index (χ3v) is 5.02. The molecule has 3 aromatic rings. The Hall–Kier alpha value is -2.77. The predicted octanol–water partition coefficient (Wildman–Crippen LogP) is 1.74. The normalized spacial score (nSPS) is 15.0. The van der Waals surface area contributed by atoms with Crippen molar-refractivity contribution in [3.05, 3.63) is 60.0 Å². The first kappa shape index (κ1) is 18.6. The van der Waals surface area contributed by atoms with Crippen LogP contribution in [0.2, 0.25) is 0 Å². The topological polar surface area (TPSA) is 72.3 Å². The highest BCUT2D eigenvalue weighted by molar-refractivity contribution is 5.96. The van der Waals surface area contributed by atoms with Crippen molar-refractivity contribution in [2.45, 2.75) is 13.0 Å². The number of rotatable bonds is 7. The van der Waals surface area contributed by atoms with Crippen molar-refractivity contribution in [1.82, 2.24) is 24.8 Å². The Morgan fingerprint density at radius 3 is 2.75 bits per heavy atom. The van der Waals surface area contributed by atoms with Gasteiger partial charge in [0.05, 0.1) is 25.1 Å². The molecule has 0 spiro atoms. The van der Waals surface area contributed by atoms with Crippen LogP contribution in [0.3, 0.4) is 0 Å². The van der Waals surface area contributed by atoms with Crippen molar-refractivity contribution >= 4 is 17.1 Å². The second-order valence-corrected chi connectivity index (χ2v) is 6.95. The highest BCUT2D eigenvalue weighted by Gasteiger charge is 2.13. The van der Waals surface area contributed by atoms with Gasteiger partial charge in [0.1, 0.15) is 5.52 Å². The molecule has 3 heterocycles. The fourth-order valence-corrected chi connectivity index (χ4v) is 3.39. The molecule has 1 fully saturated rings. The second kappa shape index (κ2) is 8.95. The number of benzene rings is 1. The first-order chi connectivity index (χ1) is 13.8. The minimum Gasteiger partial charge on any atom is -0.379 e. The zero-order valence-electron chi connectivity index (χ0n) is 15.9. The summed E-state index contributed by atoms with van der Waals surface area (Å²) >= 11 is 0. The molecule has 1 saturated heterocycles. The molecule has 2 aromatic heterocycles. The Kier molecular flexibility index (Phi) is 5.94. The molecule has 1 aliphatic rings. The van der Waals surface area contributed by atoms with Crippen LogP contribution < -0.4 is 5.32 Å². The van der Waals surface area contributed by atoms with Gasteiger partial charge in [-0.15, -0.1) is 0 Å². The molecular weight excluding hydrogens is 354 g/mol. The molecular formula is C21H25N5O2. The van der Waals surface area contributed by atoms with Crippen LogP contribution in [0.4, 0.5) is 0 Å². The summed E-state index contributed by atoms with van der Waals surface area (Å²) in [6.45, 7) is 5.62. The quantitative estimate of drug-likeness (QED) is 0.677. The summed E-state index contributed by atoms with van der Waals surface area (Å²) in [5, 5.41) is 2.97. The Morgan fingerprint density at radius 1 is 1.11 bits per heavy atom. The van der Waals surface area contributed by atoms with Crippen molar-refractivity contribution < 1.29 is 9.53 Å². The van der Waals surface area contributed by atoms with Crippen LogP contribution in [-0.2, 0) is 17.7 Å². The summed E-state index contributed by atoms with van der Waals surface area (Å²) in [6.07, 6.45) is 4.34. The highest BCUT2D eigenvalue weighted by Crippen LogP contribution is 2.13. The number of hydrogen-bond donors (Lipinski definition) is 1. The van der Waals surface area contributed by atoms with Crippen molar-refractivity contribution in [2.24, 2.45) is 0 Å². The van der Waals surface area contributed by atoms with E-state index in [2.05, 4.69) is 32.3 Å². The number of carbonyl (C=O) groups is 1. The van der Waals surface area contributed by atoms with Gasteiger partial charge in [-0.25, -0.2) is 9.97 Å². The van der Waals surface area contributed by atoms with Crippen LogP contribution >= 0.6 is 0 Å². The summed E-state index contributed by atoms with van der Waals surface area (Å²) in [4.78, 5) is 23.6. The maximum Gasteiger partial charge on any atom is 0.252 e. The van der Waals surface area contributed by atoms with E-state index in [0.717, 1.165) is 57.0 Å². The monoisotopic (exact) mass is 379 g/mol. The van der Waals surface area contributed by atoms with Gasteiger partial charge in [-0.05, 0) is 18.1 Å². The first-order valence-electron chi connectivity index (χ1n) is 9.73. The van der Waals surface area contributed by atoms with Crippen LogP contribution in [0.1, 0.15) is 15.9 Å². The van der Waals surface area contributed by atoms with E-state index in [4.69, 9.17) is 4.74 Å². The van der Waals surface area contributed by atoms with E-state index in [9.17, 15) is 4.79 Å². The lowest BCUT2D eigenvalue weighted by molar-refractivity contribution is 0.0383. The molecule has 28 heavy (non-hydrogen) atoms. The number of fused-ring (bicyclic) bond motifs is 1. The summed E-state index contributed by atoms with van der Waals surface area (Å²) < 4.78 is 7.37. The van der Waals surface area contributed by atoms with Gasteiger partial charge in [-0.1, -0.05) is 30.3 Å². The average molecular weight is 379 g/mol. The molecule has 1 amide bonds. The van der Waals surface area contributed by atoms with Crippen LogP contribution in [0, 0.1) is 0 Å². The molecule has 0 unspecified atom stereocenters. The zero-order valence-corrected chi connectivity index (χ0v) is 15.9. The Morgan fingerprint density at radius 2 is 1.93 bits per heavy atom. The van der Waals surface area contributed by atoms with Crippen LogP contribution in [-0.4, -0.2) is 64.7 Å². The van der Waals surface area contributed by atoms with E-state index in [0.29, 0.717) is 12.1 Å². The van der Waals surface area contributed by atoms with E-state index in [1.165, 1.54) is 5.56 Å². The lowest BCUT2D eigenvalue weighted by atomic mass is 10.1. The third kappa shape index (κ3) is 4.55. The number of hydrogen-bond acceptors (Lipinski definition) is 5. The number of carbonyl (C=O) groups excluding carboxylic acids is 1. The lowest BCUT2D eigenvalue weighted by Crippen LogP contribution is -2.41. The number of imidazole rings is 1. The molecule has 0 saturated carbocycles. The number of ether oxygens (including phenoxy) is 1. The largest absolute Gasteiger partial charge is 0.379 e. The number of morpholine rings is 1. The molecule has 0 atom stereocenters. The van der Waals surface area contributed by atoms with Gasteiger partial charge in [0, 0.05) is 38.9 Å². The number of nitrogens with one attached hydrogen (secondary N) is 1. The van der Waals surface area contributed by atoms with Gasteiger partial charge in [0.2, 0.25) is 0 Å². The van der Waals surface area contributed by atoms with Gasteiger partial charge in [0.15, 0.2) is 5.65 Å². The maximum atomic E-state index is 12.4. The number of amides is 1. The van der Waals surface area contributed by atoms with E-state index in [-0.39, 0.29) is 5.91 Å². The van der Waals surface area contributed by atoms with Crippen LogP contribution in [0.5, 0.6) is 0 Å². The van der Waals surface area contributed by atoms with E-state index >= 15 is 0 Å². The van der Waals surface area contributed by atoms with E-state index in [1.54, 1.807) is 12.5 Å². The van der Waals surface area contributed by atoms with Crippen molar-refractivity contribution in [3.8, 4) is 0 Å². The summed E-state index contributed by atoms with van der Waals surface area (Å²) in [7, 11) is 0. The molecule has 0 radical (unpaired) electrons. The Bertz CT molecular complexity index is 919. The molecule has 7 nitrogen and oxygen atoms in total. The summed E-state index contributed by atoms with van der Waals surface area (Å²) in [5.41, 5.74) is 3.37. The predicted molar refractivity (Wildman–Crippen MR) is 107 cm³/mol. The minimum absolute atomic E-state index is 0.110. The summed E-state index contributed by atoms with van der Waals surface area (Å²) in [5.74, 6) is -0.110. The highest BCUT2D eigenvalue weighted by atomic mass is 16.5. The molecule has 146 valence electrons. The number of pyridine rings is 1. The smallest absolute Gasteiger partial charge is 0.252 e. The SMILES string of the molecule is O=C(NCCN1CCOCC1)c1cnc2c(c1)ncn2CCc1ccccc1. The summed E-state index contributed by atoms with van der Waals surface area (Å²) in [6, 6.07) is 12.2. The average Bonchev–Trinajstić information content (AvgIpc) is 3.16. The van der Waals surface area contributed by atoms with E-state index in [1.807, 2.05) is 28.8 Å². The van der Waals surface area contributed by atoms with Gasteiger partial charge in [0.25, 0.3) is 5.91 Å². The number of nitrogens with zero attached hydrogens (tertiary/aromatic N) is 4. The maximum absolute atomic E-state index is 12.4.